The third-order valence-electron chi connectivity index (χ3n) is 2.35. The predicted octanol–water partition coefficient (Wildman–Crippen LogP) is 1.15. The molecule has 0 atom stereocenters. The van der Waals surface area contributed by atoms with Gasteiger partial charge in [-0.25, -0.2) is 4.79 Å². The highest BCUT2D eigenvalue weighted by Crippen LogP contribution is 2.20. The number of nitrogens with zero attached hydrogens (tertiary/aromatic N) is 1. The summed E-state index contributed by atoms with van der Waals surface area (Å²) in [4.78, 5) is 37.2. The van der Waals surface area contributed by atoms with Crippen LogP contribution < -0.4 is 5.32 Å². The van der Waals surface area contributed by atoms with Gasteiger partial charge in [0.1, 0.15) is 5.57 Å². The third kappa shape index (κ3) is 2.12. The van der Waals surface area contributed by atoms with Crippen LogP contribution >= 0.6 is 11.3 Å². The molecule has 0 aliphatic carbocycles. The molecule has 6 heteroatoms. The number of carbonyl (C=O) groups is 3. The molecule has 0 bridgehead atoms. The van der Waals surface area contributed by atoms with Crippen LogP contribution in [0.3, 0.4) is 0 Å². The number of hydrogen-bond acceptors (Lipinski definition) is 4. The van der Waals surface area contributed by atoms with E-state index in [-0.39, 0.29) is 5.57 Å². The number of nitrogens with one attached hydrogen (secondary N) is 1. The highest BCUT2D eigenvalue weighted by molar-refractivity contribution is 7.12. The monoisotopic (exact) mass is 250 g/mol. The average Bonchev–Trinajstić information content (AvgIpc) is 2.67. The number of amides is 4. The maximum Gasteiger partial charge on any atom is 0.331 e. The Bertz CT molecular complexity index is 545. The van der Waals surface area contributed by atoms with Gasteiger partial charge in [0.2, 0.25) is 0 Å². The molecule has 88 valence electrons. The molecule has 1 aromatic rings. The van der Waals surface area contributed by atoms with Gasteiger partial charge < -0.3 is 0 Å². The summed E-state index contributed by atoms with van der Waals surface area (Å²) in [6.07, 6.45) is 1.50. The Morgan fingerprint density at radius 1 is 1.29 bits per heavy atom. The maximum absolute atomic E-state index is 11.7. The molecule has 5 nitrogen and oxygen atoms in total. The second-order valence-corrected chi connectivity index (χ2v) is 4.95. The minimum Gasteiger partial charge on any atom is -0.273 e. The van der Waals surface area contributed by atoms with Gasteiger partial charge in [-0.3, -0.25) is 19.8 Å². The van der Waals surface area contributed by atoms with Gasteiger partial charge in [0, 0.05) is 16.8 Å². The standard InChI is InChI=1S/C11H10N2O3S/c1-6-3-4-7(17-6)5-8-9(14)12-11(16)13(2)10(8)15/h3-5H,1-2H3,(H,12,14,16)/b8-5-. The van der Waals surface area contributed by atoms with Gasteiger partial charge >= 0.3 is 6.03 Å². The van der Waals surface area contributed by atoms with Crippen molar-refractivity contribution in [2.75, 3.05) is 7.05 Å². The third-order valence-corrected chi connectivity index (χ3v) is 3.30. The molecule has 0 spiro atoms. The topological polar surface area (TPSA) is 66.5 Å². The first-order valence-corrected chi connectivity index (χ1v) is 5.72. The molecule has 17 heavy (non-hydrogen) atoms. The molecule has 0 aromatic carbocycles. The van der Waals surface area contributed by atoms with Crippen LogP contribution in [0.15, 0.2) is 17.7 Å². The van der Waals surface area contributed by atoms with Crippen LogP contribution in [0, 0.1) is 6.92 Å². The first-order chi connectivity index (χ1) is 7.99. The summed E-state index contributed by atoms with van der Waals surface area (Å²) < 4.78 is 0. The second kappa shape index (κ2) is 4.14. The van der Waals surface area contributed by atoms with Crippen molar-refractivity contribution in [1.29, 1.82) is 0 Å². The molecule has 1 N–H and O–H groups in total. The largest absolute Gasteiger partial charge is 0.331 e. The highest BCUT2D eigenvalue weighted by atomic mass is 32.1. The first-order valence-electron chi connectivity index (χ1n) is 4.90. The van der Waals surface area contributed by atoms with Crippen LogP contribution in [0.1, 0.15) is 9.75 Å². The summed E-state index contributed by atoms with van der Waals surface area (Å²) in [5.74, 6) is -1.23. The van der Waals surface area contributed by atoms with E-state index in [1.165, 1.54) is 24.5 Å². The van der Waals surface area contributed by atoms with Crippen LogP contribution in [0.5, 0.6) is 0 Å². The lowest BCUT2D eigenvalue weighted by Gasteiger charge is -2.22. The molecule has 1 aliphatic heterocycles. The van der Waals surface area contributed by atoms with E-state index in [9.17, 15) is 14.4 Å². The summed E-state index contributed by atoms with van der Waals surface area (Å²) in [6, 6.07) is 3.03. The molecular formula is C11H10N2O3S. The Balaban J connectivity index is 2.37. The number of hydrogen-bond donors (Lipinski definition) is 1. The second-order valence-electron chi connectivity index (χ2n) is 3.63. The SMILES string of the molecule is Cc1ccc(/C=C2/C(=O)NC(=O)N(C)C2=O)s1. The number of urea groups is 1. The number of thiophene rings is 1. The van der Waals surface area contributed by atoms with Crippen molar-refractivity contribution in [2.24, 2.45) is 0 Å². The van der Waals surface area contributed by atoms with Crippen LogP contribution in [-0.2, 0) is 9.59 Å². The van der Waals surface area contributed by atoms with Gasteiger partial charge in [0.05, 0.1) is 0 Å². The van der Waals surface area contributed by atoms with Crippen molar-refractivity contribution in [1.82, 2.24) is 10.2 Å². The summed E-state index contributed by atoms with van der Waals surface area (Å²) in [6.45, 7) is 1.94. The van der Waals surface area contributed by atoms with Crippen LogP contribution in [0.2, 0.25) is 0 Å². The normalized spacial score (nSPS) is 18.8. The Hall–Kier alpha value is -1.95. The molecule has 0 unspecified atom stereocenters. The van der Waals surface area contributed by atoms with Crippen molar-refractivity contribution >= 4 is 35.3 Å². The number of likely N-dealkylation sites (N-methyl/N-ethyl adjacent to an activating group) is 1. The Labute approximate surface area is 102 Å². The lowest BCUT2D eigenvalue weighted by molar-refractivity contribution is -0.129. The summed E-state index contributed by atoms with van der Waals surface area (Å²) in [7, 11) is 1.33. The van der Waals surface area contributed by atoms with E-state index < -0.39 is 17.8 Å². The van der Waals surface area contributed by atoms with Crippen LogP contribution in [-0.4, -0.2) is 29.8 Å². The maximum atomic E-state index is 11.7. The number of carbonyl (C=O) groups excluding carboxylic acids is 3. The van der Waals surface area contributed by atoms with Crippen molar-refractivity contribution < 1.29 is 14.4 Å². The van der Waals surface area contributed by atoms with Gasteiger partial charge in [0.25, 0.3) is 11.8 Å². The van der Waals surface area contributed by atoms with Crippen molar-refractivity contribution in [3.8, 4) is 0 Å². The summed E-state index contributed by atoms with van der Waals surface area (Å²) in [5, 5.41) is 2.10. The number of aryl methyl sites for hydroxylation is 1. The minimum atomic E-state index is -0.695. The van der Waals surface area contributed by atoms with Gasteiger partial charge in [-0.05, 0) is 25.1 Å². The molecule has 0 radical (unpaired) electrons. The molecule has 2 rings (SSSR count). The predicted molar refractivity (Wildman–Crippen MR) is 63.3 cm³/mol. The Morgan fingerprint density at radius 2 is 2.00 bits per heavy atom. The summed E-state index contributed by atoms with van der Waals surface area (Å²) >= 11 is 1.48. The highest BCUT2D eigenvalue weighted by Gasteiger charge is 2.32. The van der Waals surface area contributed by atoms with Crippen LogP contribution in [0.25, 0.3) is 6.08 Å². The smallest absolute Gasteiger partial charge is 0.273 e. The van der Waals surface area contributed by atoms with Gasteiger partial charge in [-0.1, -0.05) is 0 Å². The Kier molecular flexibility index (Phi) is 2.81. The zero-order valence-corrected chi connectivity index (χ0v) is 10.1. The molecule has 1 aromatic heterocycles. The van der Waals surface area contributed by atoms with Gasteiger partial charge in [0.15, 0.2) is 0 Å². The van der Waals surface area contributed by atoms with E-state index in [0.717, 1.165) is 14.7 Å². The van der Waals surface area contributed by atoms with E-state index in [4.69, 9.17) is 0 Å². The van der Waals surface area contributed by atoms with Crippen molar-refractivity contribution in [3.05, 3.63) is 27.5 Å². The van der Waals surface area contributed by atoms with Gasteiger partial charge in [-0.15, -0.1) is 11.3 Å². The number of imide groups is 2. The minimum absolute atomic E-state index is 0.0195. The first kappa shape index (κ1) is 11.5. The fraction of sp³-hybridized carbons (Fsp3) is 0.182. The van der Waals surface area contributed by atoms with E-state index in [0.29, 0.717) is 0 Å². The zero-order valence-electron chi connectivity index (χ0n) is 9.31. The molecule has 4 amide bonds. The van der Waals surface area contributed by atoms with E-state index in [2.05, 4.69) is 5.32 Å². The van der Waals surface area contributed by atoms with Crippen molar-refractivity contribution in [3.63, 3.8) is 0 Å². The van der Waals surface area contributed by atoms with E-state index in [1.807, 2.05) is 19.1 Å². The average molecular weight is 250 g/mol. The Morgan fingerprint density at radius 3 is 2.59 bits per heavy atom. The van der Waals surface area contributed by atoms with Crippen molar-refractivity contribution in [2.45, 2.75) is 6.92 Å². The molecule has 1 saturated heterocycles. The lowest BCUT2D eigenvalue weighted by atomic mass is 10.1. The fourth-order valence-corrected chi connectivity index (χ4v) is 2.24. The lowest BCUT2D eigenvalue weighted by Crippen LogP contribution is -2.52. The summed E-state index contributed by atoms with van der Waals surface area (Å²) in [5.41, 5.74) is -0.0195. The molecule has 0 saturated carbocycles. The molecular weight excluding hydrogens is 240 g/mol. The molecule has 2 heterocycles. The molecule has 1 fully saturated rings. The molecule has 1 aliphatic rings. The van der Waals surface area contributed by atoms with E-state index >= 15 is 0 Å². The van der Waals surface area contributed by atoms with Gasteiger partial charge in [-0.2, -0.15) is 0 Å². The van der Waals surface area contributed by atoms with E-state index in [1.54, 1.807) is 0 Å². The quantitative estimate of drug-likeness (QED) is 0.600. The fourth-order valence-electron chi connectivity index (χ4n) is 1.42. The van der Waals surface area contributed by atoms with Crippen LogP contribution in [0.4, 0.5) is 4.79 Å². The number of barbiturate groups is 1. The zero-order chi connectivity index (χ0) is 12.6. The number of rotatable bonds is 1.